The van der Waals surface area contributed by atoms with Crippen molar-refractivity contribution in [2.24, 2.45) is 29.6 Å². The van der Waals surface area contributed by atoms with E-state index in [0.29, 0.717) is 24.0 Å². The Bertz CT molecular complexity index is 788. The Labute approximate surface area is 186 Å². The fraction of sp³-hybridized carbons (Fsp3) is 0.654. The number of carbonyl (C=O) groups is 3. The van der Waals surface area contributed by atoms with E-state index in [1.807, 2.05) is 33.8 Å². The maximum Gasteiger partial charge on any atom is 0.331 e. The molecular formula is C26H38O5. The van der Waals surface area contributed by atoms with Gasteiger partial charge < -0.3 is 9.47 Å². The van der Waals surface area contributed by atoms with E-state index >= 15 is 0 Å². The van der Waals surface area contributed by atoms with Crippen molar-refractivity contribution in [2.45, 2.75) is 79.9 Å². The van der Waals surface area contributed by atoms with Crippen molar-refractivity contribution in [2.75, 3.05) is 0 Å². The van der Waals surface area contributed by atoms with Crippen molar-refractivity contribution >= 4 is 17.7 Å². The summed E-state index contributed by atoms with van der Waals surface area (Å²) in [5.74, 6) is -1.26. The summed E-state index contributed by atoms with van der Waals surface area (Å²) in [5.41, 5.74) is 2.32. The Balaban J connectivity index is 2.41. The third kappa shape index (κ3) is 5.19. The van der Waals surface area contributed by atoms with Crippen molar-refractivity contribution in [1.29, 1.82) is 0 Å². The number of esters is 2. The highest BCUT2D eigenvalue weighted by atomic mass is 16.6. The Hall–Kier alpha value is -2.17. The van der Waals surface area contributed by atoms with Crippen molar-refractivity contribution in [3.8, 4) is 0 Å². The number of Topliss-reactive ketones (excluding diaryl/α,β-unsaturated/α-hetero) is 1. The molecular weight excluding hydrogens is 392 g/mol. The van der Waals surface area contributed by atoms with Crippen LogP contribution in [0.3, 0.4) is 0 Å². The lowest BCUT2D eigenvalue weighted by molar-refractivity contribution is -0.160. The van der Waals surface area contributed by atoms with Crippen molar-refractivity contribution in [3.05, 3.63) is 35.5 Å². The zero-order chi connectivity index (χ0) is 23.5. The Morgan fingerprint density at radius 2 is 1.81 bits per heavy atom. The van der Waals surface area contributed by atoms with Gasteiger partial charge in [-0.15, -0.1) is 0 Å². The largest absolute Gasteiger partial charge is 0.455 e. The molecule has 2 aliphatic rings. The number of fused-ring (bicyclic) bond motifs is 1. The van der Waals surface area contributed by atoms with E-state index < -0.39 is 18.2 Å². The molecule has 172 valence electrons. The summed E-state index contributed by atoms with van der Waals surface area (Å²) in [6.45, 7) is 17.9. The third-order valence-electron chi connectivity index (χ3n) is 7.01. The quantitative estimate of drug-likeness (QED) is 0.315. The molecule has 0 amide bonds. The lowest BCUT2D eigenvalue weighted by atomic mass is 9.65. The smallest absolute Gasteiger partial charge is 0.331 e. The van der Waals surface area contributed by atoms with Gasteiger partial charge in [-0.1, -0.05) is 52.8 Å². The molecule has 0 bridgehead atoms. The molecule has 0 radical (unpaired) electrons. The monoisotopic (exact) mass is 430 g/mol. The molecule has 6 atom stereocenters. The highest BCUT2D eigenvalue weighted by molar-refractivity contribution is 6.03. The highest BCUT2D eigenvalue weighted by Gasteiger charge is 2.57. The number of hydrogen-bond acceptors (Lipinski definition) is 5. The number of ether oxygens (including phenoxy) is 2. The molecule has 31 heavy (non-hydrogen) atoms. The molecule has 2 aliphatic carbocycles. The summed E-state index contributed by atoms with van der Waals surface area (Å²) in [6.07, 6.45) is 3.98. The second-order valence-corrected chi connectivity index (χ2v) is 9.31. The van der Waals surface area contributed by atoms with Crippen LogP contribution in [0.4, 0.5) is 0 Å². The third-order valence-corrected chi connectivity index (χ3v) is 7.01. The van der Waals surface area contributed by atoms with Crippen molar-refractivity contribution < 1.29 is 23.9 Å². The topological polar surface area (TPSA) is 69.7 Å². The van der Waals surface area contributed by atoms with Crippen LogP contribution < -0.4 is 0 Å². The maximum atomic E-state index is 13.3. The van der Waals surface area contributed by atoms with Gasteiger partial charge >= 0.3 is 11.9 Å². The lowest BCUT2D eigenvalue weighted by Gasteiger charge is -2.42. The predicted octanol–water partition coefficient (Wildman–Crippen LogP) is 5.21. The molecule has 0 spiro atoms. The SMILES string of the molecule is C=C1[C@@H]2[C@H](/C(=C/C)C(=O)[C@@H]2OC(=O)[C@@H](C)CC)[C@@H](C(C)C)C[C@@H]1OC(=O)/C=C(\C)CC. The Morgan fingerprint density at radius 1 is 1.16 bits per heavy atom. The van der Waals surface area contributed by atoms with Crippen LogP contribution in [0.25, 0.3) is 0 Å². The molecule has 0 N–H and O–H groups in total. The van der Waals surface area contributed by atoms with Crippen LogP contribution in [-0.2, 0) is 23.9 Å². The molecule has 0 saturated heterocycles. The van der Waals surface area contributed by atoms with Gasteiger partial charge in [0, 0.05) is 17.9 Å². The first-order chi connectivity index (χ1) is 14.6. The predicted molar refractivity (Wildman–Crippen MR) is 121 cm³/mol. The molecule has 0 aromatic rings. The number of allylic oxidation sites excluding steroid dienone is 2. The van der Waals surface area contributed by atoms with Crippen LogP contribution in [0, 0.1) is 29.6 Å². The van der Waals surface area contributed by atoms with Crippen molar-refractivity contribution in [1.82, 2.24) is 0 Å². The van der Waals surface area contributed by atoms with Gasteiger partial charge in [-0.25, -0.2) is 4.79 Å². The first kappa shape index (κ1) is 25.1. The molecule has 0 aliphatic heterocycles. The molecule has 2 rings (SSSR count). The number of ketones is 1. The second kappa shape index (κ2) is 10.4. The molecule has 0 aromatic carbocycles. The molecule has 5 heteroatoms. The van der Waals surface area contributed by atoms with E-state index in [0.717, 1.165) is 12.0 Å². The minimum Gasteiger partial charge on any atom is -0.455 e. The summed E-state index contributed by atoms with van der Waals surface area (Å²) in [7, 11) is 0. The summed E-state index contributed by atoms with van der Waals surface area (Å²) in [4.78, 5) is 38.3. The summed E-state index contributed by atoms with van der Waals surface area (Å²) in [6, 6.07) is 0. The maximum absolute atomic E-state index is 13.3. The number of rotatable bonds is 7. The number of carbonyl (C=O) groups excluding carboxylic acids is 3. The van der Waals surface area contributed by atoms with Gasteiger partial charge in [-0.3, -0.25) is 9.59 Å². The molecule has 2 saturated carbocycles. The fourth-order valence-electron chi connectivity index (χ4n) is 4.71. The molecule has 0 aromatic heterocycles. The van der Waals surface area contributed by atoms with Crippen LogP contribution in [0.1, 0.15) is 67.7 Å². The lowest BCUT2D eigenvalue weighted by Crippen LogP contribution is -2.43. The minimum atomic E-state index is -0.902. The zero-order valence-electron chi connectivity index (χ0n) is 20.1. The van der Waals surface area contributed by atoms with Gasteiger partial charge in [-0.2, -0.15) is 0 Å². The summed E-state index contributed by atoms with van der Waals surface area (Å²) < 4.78 is 11.6. The summed E-state index contributed by atoms with van der Waals surface area (Å²) >= 11 is 0. The first-order valence-electron chi connectivity index (χ1n) is 11.5. The van der Waals surface area contributed by atoms with E-state index in [4.69, 9.17) is 9.47 Å². The molecule has 2 fully saturated rings. The first-order valence-corrected chi connectivity index (χ1v) is 11.5. The van der Waals surface area contributed by atoms with Gasteiger partial charge in [0.25, 0.3) is 0 Å². The van der Waals surface area contributed by atoms with Gasteiger partial charge in [0.1, 0.15) is 6.10 Å². The van der Waals surface area contributed by atoms with E-state index in [2.05, 4.69) is 20.4 Å². The zero-order valence-corrected chi connectivity index (χ0v) is 20.1. The van der Waals surface area contributed by atoms with Crippen LogP contribution in [0.5, 0.6) is 0 Å². The minimum absolute atomic E-state index is 0.0809. The normalized spacial score (nSPS) is 31.0. The van der Waals surface area contributed by atoms with E-state index in [-0.39, 0.29) is 41.3 Å². The van der Waals surface area contributed by atoms with Gasteiger partial charge in [0.05, 0.1) is 5.92 Å². The molecule has 0 heterocycles. The Morgan fingerprint density at radius 3 is 2.32 bits per heavy atom. The average molecular weight is 431 g/mol. The average Bonchev–Trinajstić information content (AvgIpc) is 3.00. The standard InChI is InChI=1S/C26H38O5/c1-9-15(6)12-21(27)30-20-13-19(14(4)5)23-18(11-3)24(28)25(22(23)17(20)8)31-26(29)16(7)10-2/h11-12,14,16,19-20,22-23,25H,8-10,13H2,1-7H3/b15-12+,18-11-/t16-,19+,20-,22+,23+,25+/m0/s1. The Kier molecular flexibility index (Phi) is 8.44. The second-order valence-electron chi connectivity index (χ2n) is 9.31. The van der Waals surface area contributed by atoms with Crippen LogP contribution in [0.2, 0.25) is 0 Å². The van der Waals surface area contributed by atoms with Crippen LogP contribution in [0.15, 0.2) is 35.5 Å². The van der Waals surface area contributed by atoms with Crippen LogP contribution in [-0.4, -0.2) is 29.9 Å². The fourth-order valence-corrected chi connectivity index (χ4v) is 4.71. The number of hydrogen-bond donors (Lipinski definition) is 0. The van der Waals surface area contributed by atoms with E-state index in [9.17, 15) is 14.4 Å². The highest BCUT2D eigenvalue weighted by Crippen LogP contribution is 2.53. The van der Waals surface area contributed by atoms with Gasteiger partial charge in [-0.05, 0) is 56.1 Å². The van der Waals surface area contributed by atoms with E-state index in [1.54, 1.807) is 6.92 Å². The van der Waals surface area contributed by atoms with Gasteiger partial charge in [0.2, 0.25) is 0 Å². The van der Waals surface area contributed by atoms with Crippen LogP contribution >= 0.6 is 0 Å². The summed E-state index contributed by atoms with van der Waals surface area (Å²) in [5, 5.41) is 0. The molecule has 5 nitrogen and oxygen atoms in total. The molecule has 0 unspecified atom stereocenters. The van der Waals surface area contributed by atoms with Gasteiger partial charge in [0.15, 0.2) is 11.9 Å². The van der Waals surface area contributed by atoms with Crippen molar-refractivity contribution in [3.63, 3.8) is 0 Å². The van der Waals surface area contributed by atoms with E-state index in [1.165, 1.54) is 6.08 Å².